The highest BCUT2D eigenvalue weighted by molar-refractivity contribution is 5.97. The van der Waals surface area contributed by atoms with E-state index in [2.05, 4.69) is 42.1 Å². The SMILES string of the molecule is CC#C[C@]1(O)CC[C@H]2[C@@H]3CCC4=C/C(=N/O)CCC4=C3[C@@H](c3ccc4c(c3)OCO4)C[C@@]21C. The van der Waals surface area contributed by atoms with Crippen molar-refractivity contribution in [3.05, 3.63) is 46.6 Å². The molecule has 2 saturated carbocycles. The summed E-state index contributed by atoms with van der Waals surface area (Å²) in [5.41, 5.74) is 5.13. The highest BCUT2D eigenvalue weighted by atomic mass is 16.7. The molecular formula is C28H31NO4. The second-order valence-electron chi connectivity index (χ2n) is 10.5. The predicted molar refractivity (Wildman–Crippen MR) is 125 cm³/mol. The van der Waals surface area contributed by atoms with Crippen LogP contribution in [0.1, 0.15) is 70.3 Å². The van der Waals surface area contributed by atoms with Gasteiger partial charge >= 0.3 is 0 Å². The lowest BCUT2D eigenvalue weighted by molar-refractivity contribution is -0.0513. The Morgan fingerprint density at radius 2 is 1.97 bits per heavy atom. The molecule has 0 spiro atoms. The average molecular weight is 446 g/mol. The van der Waals surface area contributed by atoms with Crippen molar-refractivity contribution in [2.24, 2.45) is 22.4 Å². The highest BCUT2D eigenvalue weighted by Gasteiger charge is 2.62. The van der Waals surface area contributed by atoms with Gasteiger partial charge in [-0.1, -0.05) is 29.6 Å². The maximum absolute atomic E-state index is 11.8. The van der Waals surface area contributed by atoms with E-state index in [1.807, 2.05) is 13.0 Å². The molecule has 5 atom stereocenters. The van der Waals surface area contributed by atoms with E-state index in [-0.39, 0.29) is 18.1 Å². The molecule has 2 N–H and O–H groups in total. The van der Waals surface area contributed by atoms with Crippen LogP contribution in [0.4, 0.5) is 0 Å². The first-order valence-corrected chi connectivity index (χ1v) is 12.2. The summed E-state index contributed by atoms with van der Waals surface area (Å²) in [5, 5.41) is 24.6. The van der Waals surface area contributed by atoms with Crippen molar-refractivity contribution in [2.75, 3.05) is 6.79 Å². The maximum Gasteiger partial charge on any atom is 0.231 e. The molecule has 0 amide bonds. The van der Waals surface area contributed by atoms with Gasteiger partial charge in [0.05, 0.1) is 5.71 Å². The van der Waals surface area contributed by atoms with E-state index in [1.54, 1.807) is 5.57 Å². The van der Waals surface area contributed by atoms with E-state index in [0.717, 1.165) is 62.2 Å². The third kappa shape index (κ3) is 2.93. The zero-order valence-electron chi connectivity index (χ0n) is 19.4. The molecule has 1 heterocycles. The van der Waals surface area contributed by atoms with Gasteiger partial charge in [0.25, 0.3) is 0 Å². The van der Waals surface area contributed by atoms with Gasteiger partial charge in [-0.05, 0) is 98.6 Å². The first-order chi connectivity index (χ1) is 16.0. The van der Waals surface area contributed by atoms with Crippen molar-refractivity contribution in [3.63, 3.8) is 0 Å². The van der Waals surface area contributed by atoms with Gasteiger partial charge in [0.1, 0.15) is 5.60 Å². The lowest BCUT2D eigenvalue weighted by Crippen LogP contribution is -2.51. The predicted octanol–water partition coefficient (Wildman–Crippen LogP) is 5.33. The van der Waals surface area contributed by atoms with Crippen LogP contribution in [0.15, 0.2) is 46.2 Å². The number of oxime groups is 1. The number of ether oxygens (including phenoxy) is 2. The van der Waals surface area contributed by atoms with Crippen molar-refractivity contribution in [1.82, 2.24) is 0 Å². The van der Waals surface area contributed by atoms with E-state index in [1.165, 1.54) is 16.7 Å². The molecule has 5 aliphatic rings. The zero-order valence-corrected chi connectivity index (χ0v) is 19.4. The smallest absolute Gasteiger partial charge is 0.231 e. The van der Waals surface area contributed by atoms with Gasteiger partial charge in [0.2, 0.25) is 6.79 Å². The van der Waals surface area contributed by atoms with Gasteiger partial charge in [0, 0.05) is 11.3 Å². The molecule has 0 unspecified atom stereocenters. The van der Waals surface area contributed by atoms with E-state index in [0.29, 0.717) is 11.8 Å². The zero-order chi connectivity index (χ0) is 22.8. The monoisotopic (exact) mass is 445 g/mol. The van der Waals surface area contributed by atoms with Crippen LogP contribution in [-0.2, 0) is 0 Å². The van der Waals surface area contributed by atoms with Crippen LogP contribution in [0.3, 0.4) is 0 Å². The second kappa shape index (κ2) is 7.40. The Morgan fingerprint density at radius 3 is 2.79 bits per heavy atom. The van der Waals surface area contributed by atoms with Crippen molar-refractivity contribution in [2.45, 2.75) is 70.3 Å². The van der Waals surface area contributed by atoms with E-state index < -0.39 is 5.60 Å². The standard InChI is InChI=1S/C28H31NO4/c1-3-11-28(30)12-10-23-21-7-4-17-13-19(29-31)6-8-20(17)26(21)22(15-27(23,28)2)18-5-9-24-25(14-18)33-16-32-24/h5,9,13-14,21-23,30-31H,4,6-8,10,12,15-16H2,1-2H3/b29-19+/t21-,22+,23-,27-,28-/m0/s1. The topological polar surface area (TPSA) is 71.3 Å². The average Bonchev–Trinajstić information content (AvgIpc) is 3.40. The summed E-state index contributed by atoms with van der Waals surface area (Å²) in [6.45, 7) is 4.38. The quantitative estimate of drug-likeness (QED) is 0.348. The molecule has 0 saturated heterocycles. The first-order valence-electron chi connectivity index (χ1n) is 12.2. The van der Waals surface area contributed by atoms with E-state index in [4.69, 9.17) is 9.47 Å². The highest BCUT2D eigenvalue weighted by Crippen LogP contribution is 2.66. The third-order valence-corrected chi connectivity index (χ3v) is 9.16. The molecule has 0 aromatic heterocycles. The number of allylic oxidation sites excluding steroid dienone is 4. The molecule has 0 bridgehead atoms. The van der Waals surface area contributed by atoms with Crippen LogP contribution < -0.4 is 9.47 Å². The Morgan fingerprint density at radius 1 is 1.12 bits per heavy atom. The van der Waals surface area contributed by atoms with Crippen LogP contribution in [0, 0.1) is 29.1 Å². The first kappa shape index (κ1) is 20.9. The Kier molecular flexibility index (Phi) is 4.68. The minimum Gasteiger partial charge on any atom is -0.454 e. The van der Waals surface area contributed by atoms with Gasteiger partial charge in [-0.15, -0.1) is 5.92 Å². The second-order valence-corrected chi connectivity index (χ2v) is 10.5. The Hall–Kier alpha value is -2.71. The summed E-state index contributed by atoms with van der Waals surface area (Å²) >= 11 is 0. The van der Waals surface area contributed by atoms with Crippen molar-refractivity contribution < 1.29 is 19.8 Å². The largest absolute Gasteiger partial charge is 0.454 e. The molecule has 2 fully saturated rings. The van der Waals surface area contributed by atoms with Crippen molar-refractivity contribution in [3.8, 4) is 23.3 Å². The molecule has 1 aliphatic heterocycles. The number of benzene rings is 1. The molecule has 0 radical (unpaired) electrons. The van der Waals surface area contributed by atoms with Gasteiger partial charge in [-0.25, -0.2) is 0 Å². The van der Waals surface area contributed by atoms with Crippen LogP contribution in [0.2, 0.25) is 0 Å². The summed E-state index contributed by atoms with van der Waals surface area (Å²) in [6, 6.07) is 6.34. The molecule has 6 rings (SSSR count). The minimum absolute atomic E-state index is 0.195. The summed E-state index contributed by atoms with van der Waals surface area (Å²) in [4.78, 5) is 0. The van der Waals surface area contributed by atoms with Crippen LogP contribution in [0.25, 0.3) is 0 Å². The molecule has 5 heteroatoms. The van der Waals surface area contributed by atoms with E-state index >= 15 is 0 Å². The molecule has 33 heavy (non-hydrogen) atoms. The Bertz CT molecular complexity index is 1170. The molecule has 172 valence electrons. The number of fused-ring (bicyclic) bond motifs is 5. The van der Waals surface area contributed by atoms with Gasteiger partial charge in [-0.3, -0.25) is 0 Å². The summed E-state index contributed by atoms with van der Waals surface area (Å²) < 4.78 is 11.3. The molecular weight excluding hydrogens is 414 g/mol. The fraction of sp³-hybridized carbons (Fsp3) is 0.536. The molecule has 1 aromatic carbocycles. The molecule has 4 aliphatic carbocycles. The number of rotatable bonds is 1. The third-order valence-electron chi connectivity index (χ3n) is 9.16. The van der Waals surface area contributed by atoms with Crippen LogP contribution in [0.5, 0.6) is 11.5 Å². The van der Waals surface area contributed by atoms with E-state index in [9.17, 15) is 10.3 Å². The minimum atomic E-state index is -0.948. The molecule has 1 aromatic rings. The fourth-order valence-electron chi connectivity index (χ4n) is 7.60. The fourth-order valence-corrected chi connectivity index (χ4v) is 7.60. The van der Waals surface area contributed by atoms with Crippen molar-refractivity contribution >= 4 is 5.71 Å². The Labute approximate surface area is 195 Å². The number of nitrogens with zero attached hydrogens (tertiary/aromatic N) is 1. The van der Waals surface area contributed by atoms with Crippen LogP contribution >= 0.6 is 0 Å². The summed E-state index contributed by atoms with van der Waals surface area (Å²) in [6.07, 6.45) is 8.48. The van der Waals surface area contributed by atoms with Gasteiger partial charge in [-0.2, -0.15) is 0 Å². The lowest BCUT2D eigenvalue weighted by Gasteiger charge is -2.53. The van der Waals surface area contributed by atoms with Gasteiger partial charge in [0.15, 0.2) is 11.5 Å². The van der Waals surface area contributed by atoms with Crippen molar-refractivity contribution in [1.29, 1.82) is 0 Å². The number of hydrogen-bond donors (Lipinski definition) is 2. The summed E-state index contributed by atoms with van der Waals surface area (Å²) in [7, 11) is 0. The normalized spacial score (nSPS) is 37.6. The summed E-state index contributed by atoms with van der Waals surface area (Å²) in [5.74, 6) is 8.92. The molecule has 5 nitrogen and oxygen atoms in total. The number of aliphatic hydroxyl groups is 1. The maximum atomic E-state index is 11.8. The Balaban J connectivity index is 1.53. The number of hydrogen-bond acceptors (Lipinski definition) is 5. The lowest BCUT2D eigenvalue weighted by atomic mass is 9.51. The van der Waals surface area contributed by atoms with Gasteiger partial charge < -0.3 is 19.8 Å². The van der Waals surface area contributed by atoms with Crippen LogP contribution in [-0.4, -0.2) is 28.4 Å².